The molecular formula is C17H20N2O3. The van der Waals surface area contributed by atoms with Crippen molar-refractivity contribution in [1.29, 1.82) is 0 Å². The number of carbonyl (C=O) groups is 2. The number of aryl methyl sites for hydroxylation is 2. The van der Waals surface area contributed by atoms with Gasteiger partial charge in [0.15, 0.2) is 0 Å². The van der Waals surface area contributed by atoms with Gasteiger partial charge in [-0.15, -0.1) is 0 Å². The fourth-order valence-corrected chi connectivity index (χ4v) is 2.20. The zero-order chi connectivity index (χ0) is 16.1. The van der Waals surface area contributed by atoms with Crippen LogP contribution < -0.4 is 10.6 Å². The fraction of sp³-hybridized carbons (Fsp3) is 0.294. The van der Waals surface area contributed by atoms with E-state index in [1.165, 1.54) is 0 Å². The SMILES string of the molecule is Cc1cc(CNC(=O)C(=O)N[C@H](C)c2ccccc2)c(C)o1. The standard InChI is InChI=1S/C17H20N2O3/c1-11-9-15(13(3)22-11)10-18-16(20)17(21)19-12(2)14-7-5-4-6-8-14/h4-9,12H,10H2,1-3H3,(H,18,20)(H,19,21)/t12-/m1/s1. The monoisotopic (exact) mass is 300 g/mol. The van der Waals surface area contributed by atoms with E-state index in [9.17, 15) is 9.59 Å². The van der Waals surface area contributed by atoms with E-state index < -0.39 is 11.8 Å². The first-order valence-electron chi connectivity index (χ1n) is 7.17. The van der Waals surface area contributed by atoms with Gasteiger partial charge in [-0.05, 0) is 32.4 Å². The zero-order valence-corrected chi connectivity index (χ0v) is 13.0. The summed E-state index contributed by atoms with van der Waals surface area (Å²) in [4.78, 5) is 23.7. The van der Waals surface area contributed by atoms with Gasteiger partial charge in [0.2, 0.25) is 0 Å². The molecule has 0 unspecified atom stereocenters. The van der Waals surface area contributed by atoms with Crippen LogP contribution in [0, 0.1) is 13.8 Å². The number of nitrogens with one attached hydrogen (secondary N) is 2. The maximum Gasteiger partial charge on any atom is 0.309 e. The lowest BCUT2D eigenvalue weighted by Gasteiger charge is -2.13. The fourth-order valence-electron chi connectivity index (χ4n) is 2.20. The second-order valence-corrected chi connectivity index (χ2v) is 5.23. The molecule has 2 N–H and O–H groups in total. The normalized spacial score (nSPS) is 11.8. The zero-order valence-electron chi connectivity index (χ0n) is 13.0. The summed E-state index contributed by atoms with van der Waals surface area (Å²) in [7, 11) is 0. The van der Waals surface area contributed by atoms with Crippen LogP contribution in [-0.2, 0) is 16.1 Å². The van der Waals surface area contributed by atoms with Crippen molar-refractivity contribution in [3.05, 3.63) is 59.0 Å². The molecule has 0 saturated carbocycles. The highest BCUT2D eigenvalue weighted by molar-refractivity contribution is 6.35. The van der Waals surface area contributed by atoms with E-state index >= 15 is 0 Å². The molecule has 1 atom stereocenters. The average Bonchev–Trinajstić information content (AvgIpc) is 2.83. The van der Waals surface area contributed by atoms with E-state index in [4.69, 9.17) is 4.42 Å². The highest BCUT2D eigenvalue weighted by Crippen LogP contribution is 2.13. The molecule has 2 aromatic rings. The number of hydrogen-bond acceptors (Lipinski definition) is 3. The number of benzene rings is 1. The molecule has 5 nitrogen and oxygen atoms in total. The van der Waals surface area contributed by atoms with Crippen LogP contribution in [0.25, 0.3) is 0 Å². The molecular weight excluding hydrogens is 280 g/mol. The molecule has 0 spiro atoms. The summed E-state index contributed by atoms with van der Waals surface area (Å²) >= 11 is 0. The topological polar surface area (TPSA) is 71.3 Å². The summed E-state index contributed by atoms with van der Waals surface area (Å²) in [5.41, 5.74) is 1.82. The van der Waals surface area contributed by atoms with Gasteiger partial charge in [0.05, 0.1) is 6.04 Å². The largest absolute Gasteiger partial charge is 0.466 e. The Bertz CT molecular complexity index is 662. The minimum absolute atomic E-state index is 0.225. The third-order valence-electron chi connectivity index (χ3n) is 3.44. The first-order valence-corrected chi connectivity index (χ1v) is 7.17. The van der Waals surface area contributed by atoms with Crippen molar-refractivity contribution >= 4 is 11.8 Å². The Balaban J connectivity index is 1.87. The first-order chi connectivity index (χ1) is 10.5. The van der Waals surface area contributed by atoms with Crippen molar-refractivity contribution in [3.63, 3.8) is 0 Å². The van der Waals surface area contributed by atoms with Gasteiger partial charge in [-0.3, -0.25) is 9.59 Å². The smallest absolute Gasteiger partial charge is 0.309 e. The predicted molar refractivity (Wildman–Crippen MR) is 83.0 cm³/mol. The Labute approximate surface area is 129 Å². The molecule has 22 heavy (non-hydrogen) atoms. The third kappa shape index (κ3) is 3.97. The quantitative estimate of drug-likeness (QED) is 0.852. The highest BCUT2D eigenvalue weighted by Gasteiger charge is 2.17. The van der Waals surface area contributed by atoms with Gasteiger partial charge in [0.25, 0.3) is 0 Å². The lowest BCUT2D eigenvalue weighted by molar-refractivity contribution is -0.139. The third-order valence-corrected chi connectivity index (χ3v) is 3.44. The summed E-state index contributed by atoms with van der Waals surface area (Å²) in [6.07, 6.45) is 0. The van der Waals surface area contributed by atoms with Crippen molar-refractivity contribution in [1.82, 2.24) is 10.6 Å². The Kier molecular flexibility index (Phi) is 4.99. The Morgan fingerprint density at radius 3 is 2.41 bits per heavy atom. The van der Waals surface area contributed by atoms with Gasteiger partial charge in [-0.2, -0.15) is 0 Å². The van der Waals surface area contributed by atoms with Crippen molar-refractivity contribution in [2.24, 2.45) is 0 Å². The molecule has 1 aromatic carbocycles. The van der Waals surface area contributed by atoms with E-state index in [1.54, 1.807) is 0 Å². The molecule has 0 radical (unpaired) electrons. The van der Waals surface area contributed by atoms with E-state index in [1.807, 2.05) is 57.2 Å². The molecule has 2 rings (SSSR count). The lowest BCUT2D eigenvalue weighted by atomic mass is 10.1. The molecule has 1 aromatic heterocycles. The lowest BCUT2D eigenvalue weighted by Crippen LogP contribution is -2.40. The van der Waals surface area contributed by atoms with Crippen molar-refractivity contribution in [2.75, 3.05) is 0 Å². The van der Waals surface area contributed by atoms with Crippen molar-refractivity contribution in [2.45, 2.75) is 33.4 Å². The van der Waals surface area contributed by atoms with Gasteiger partial charge in [0, 0.05) is 12.1 Å². The molecule has 1 heterocycles. The maximum atomic E-state index is 11.9. The van der Waals surface area contributed by atoms with E-state index in [-0.39, 0.29) is 12.6 Å². The van der Waals surface area contributed by atoms with Crippen LogP contribution in [0.5, 0.6) is 0 Å². The van der Waals surface area contributed by atoms with Crippen LogP contribution in [-0.4, -0.2) is 11.8 Å². The molecule has 0 bridgehead atoms. The number of carbonyl (C=O) groups excluding carboxylic acids is 2. The van der Waals surface area contributed by atoms with E-state index in [0.29, 0.717) is 0 Å². The molecule has 2 amide bonds. The van der Waals surface area contributed by atoms with Gasteiger partial charge in [0.1, 0.15) is 11.5 Å². The van der Waals surface area contributed by atoms with Crippen LogP contribution in [0.4, 0.5) is 0 Å². The van der Waals surface area contributed by atoms with E-state index in [2.05, 4.69) is 10.6 Å². The Morgan fingerprint density at radius 1 is 1.14 bits per heavy atom. The second-order valence-electron chi connectivity index (χ2n) is 5.23. The molecule has 0 fully saturated rings. The molecule has 0 saturated heterocycles. The number of furan rings is 1. The maximum absolute atomic E-state index is 11.9. The molecule has 0 aliphatic carbocycles. The number of hydrogen-bond donors (Lipinski definition) is 2. The van der Waals surface area contributed by atoms with Crippen LogP contribution in [0.3, 0.4) is 0 Å². The Morgan fingerprint density at radius 2 is 1.82 bits per heavy atom. The Hall–Kier alpha value is -2.56. The van der Waals surface area contributed by atoms with Gasteiger partial charge in [-0.25, -0.2) is 0 Å². The number of amides is 2. The van der Waals surface area contributed by atoms with Crippen LogP contribution >= 0.6 is 0 Å². The highest BCUT2D eigenvalue weighted by atomic mass is 16.3. The minimum Gasteiger partial charge on any atom is -0.466 e. The average molecular weight is 300 g/mol. The van der Waals surface area contributed by atoms with E-state index in [0.717, 1.165) is 22.6 Å². The van der Waals surface area contributed by atoms with Crippen LogP contribution in [0.15, 0.2) is 40.8 Å². The summed E-state index contributed by atoms with van der Waals surface area (Å²) in [6, 6.07) is 11.1. The molecule has 116 valence electrons. The summed E-state index contributed by atoms with van der Waals surface area (Å²) in [5.74, 6) is 0.231. The van der Waals surface area contributed by atoms with Gasteiger partial charge in [-0.1, -0.05) is 30.3 Å². The van der Waals surface area contributed by atoms with Crippen molar-refractivity contribution < 1.29 is 14.0 Å². The van der Waals surface area contributed by atoms with Crippen molar-refractivity contribution in [3.8, 4) is 0 Å². The summed E-state index contributed by atoms with van der Waals surface area (Å²) in [6.45, 7) is 5.78. The summed E-state index contributed by atoms with van der Waals surface area (Å²) in [5, 5.41) is 5.28. The van der Waals surface area contributed by atoms with Gasteiger partial charge < -0.3 is 15.1 Å². The molecule has 5 heteroatoms. The predicted octanol–water partition coefficient (Wildman–Crippen LogP) is 2.39. The first kappa shape index (κ1) is 15.8. The number of rotatable bonds is 4. The second kappa shape index (κ2) is 6.93. The summed E-state index contributed by atoms with van der Waals surface area (Å²) < 4.78 is 5.38. The molecule has 0 aliphatic heterocycles. The molecule has 0 aliphatic rings. The van der Waals surface area contributed by atoms with Gasteiger partial charge >= 0.3 is 11.8 Å². The van der Waals surface area contributed by atoms with Crippen LogP contribution in [0.1, 0.15) is 35.6 Å². The van der Waals surface area contributed by atoms with Crippen LogP contribution in [0.2, 0.25) is 0 Å². The minimum atomic E-state index is -0.652.